The minimum atomic E-state index is -3.10. The Morgan fingerprint density at radius 2 is 1.81 bits per heavy atom. The van der Waals surface area contributed by atoms with Crippen LogP contribution in [0.4, 0.5) is 21.5 Å². The summed E-state index contributed by atoms with van der Waals surface area (Å²) in [7, 11) is -1.81. The van der Waals surface area contributed by atoms with E-state index in [0.717, 1.165) is 42.0 Å². The minimum Gasteiger partial charge on any atom is -0.480 e. The number of hydrogen-bond donors (Lipinski definition) is 4. The molecule has 292 valence electrons. The van der Waals surface area contributed by atoms with Crippen molar-refractivity contribution in [3.8, 4) is 11.5 Å². The number of hydrogen-bond acceptors (Lipinski definition) is 13. The zero-order chi connectivity index (χ0) is 40.2. The number of nitrogens with two attached hydrogens (primary N) is 2. The highest BCUT2D eigenvalue weighted by Crippen LogP contribution is 2.39. The first-order valence-electron chi connectivity index (χ1n) is 15.7. The van der Waals surface area contributed by atoms with Crippen LogP contribution in [0.5, 0.6) is 11.5 Å². The Labute approximate surface area is 325 Å². The molecular weight excluding hydrogens is 813 g/mol. The van der Waals surface area contributed by atoms with Crippen molar-refractivity contribution in [3.63, 3.8) is 0 Å². The summed E-state index contributed by atoms with van der Waals surface area (Å²) in [6, 6.07) is 13.2. The number of carboxylic acids is 1. The fourth-order valence-electron chi connectivity index (χ4n) is 4.35. The van der Waals surface area contributed by atoms with Gasteiger partial charge in [-0.15, -0.1) is 11.8 Å². The summed E-state index contributed by atoms with van der Waals surface area (Å²) in [5.74, 6) is -1.20. The molecule has 0 fully saturated rings. The van der Waals surface area contributed by atoms with Crippen LogP contribution in [-0.4, -0.2) is 68.0 Å². The quantitative estimate of drug-likeness (QED) is 0.0333. The average Bonchev–Trinajstić information content (AvgIpc) is 3.44. The summed E-state index contributed by atoms with van der Waals surface area (Å²) >= 11 is 14.1. The van der Waals surface area contributed by atoms with Crippen molar-refractivity contribution in [2.45, 2.75) is 43.3 Å². The highest BCUT2D eigenvalue weighted by molar-refractivity contribution is 8.00. The second-order valence-corrected chi connectivity index (χ2v) is 16.6. The molecule has 0 saturated heterocycles. The lowest BCUT2D eigenvalue weighted by Gasteiger charge is -2.15. The number of carboxylic acid groups (broad SMARTS) is 1. The fraction of sp³-hybridized carbons (Fsp3) is 0.312. The molecule has 5 rings (SSSR count). The van der Waals surface area contributed by atoms with Crippen LogP contribution in [0.15, 0.2) is 69.3 Å². The van der Waals surface area contributed by atoms with E-state index in [2.05, 4.69) is 9.73 Å². The molecule has 1 aromatic heterocycles. The number of nitro benzene ring substituents is 1. The van der Waals surface area contributed by atoms with Crippen molar-refractivity contribution in [3.05, 3.63) is 95.0 Å². The SMILES string of the molecule is COC(=O)CSc1cc(N=c2sc(=O)n3n2CCCC3)c(F)cc1Cl.CP(=O)(O)CCC(N)C(=O)O.Nc1c([N+](=O)[O-])ccc(Oc2ccccc2)c1Cl. The molecule has 0 saturated carbocycles. The molecule has 3 aromatic carbocycles. The number of benzene rings is 3. The van der Waals surface area contributed by atoms with E-state index in [0.29, 0.717) is 28.5 Å². The minimum absolute atomic E-state index is 0.0352. The number of nitrogens with zero attached hydrogens (tertiary/aromatic N) is 4. The third-order valence-electron chi connectivity index (χ3n) is 7.14. The highest BCUT2D eigenvalue weighted by atomic mass is 35.5. The molecule has 54 heavy (non-hydrogen) atoms. The van der Waals surface area contributed by atoms with E-state index in [1.54, 1.807) is 33.6 Å². The lowest BCUT2D eigenvalue weighted by molar-refractivity contribution is -0.383. The predicted molar refractivity (Wildman–Crippen MR) is 205 cm³/mol. The molecule has 0 spiro atoms. The average molecular weight is 850 g/mol. The van der Waals surface area contributed by atoms with E-state index in [9.17, 15) is 33.5 Å². The zero-order valence-corrected chi connectivity index (χ0v) is 32.8. The summed E-state index contributed by atoms with van der Waals surface area (Å²) < 4.78 is 38.4. The first-order valence-corrected chi connectivity index (χ1v) is 20.5. The molecule has 4 aromatic rings. The molecule has 22 heteroatoms. The fourth-order valence-corrected chi connectivity index (χ4v) is 7.29. The van der Waals surface area contributed by atoms with E-state index < -0.39 is 36.1 Å². The standard InChI is InChI=1S/C15H15ClFN3O3S2.C12H9ClN2O3.C5H12NO4P/c1-23-13(21)8-24-12-7-11(10(17)6-9(12)16)18-14-19-4-2-3-5-20(19)15(22)25-14;13-11-10(18-8-4-2-1-3-5-8)7-6-9(12(11)14)15(16)17;1-11(9,10)3-2-4(6)5(7)8/h6-7H,2-5,8H2,1H3;1-7H,14H2;4H,2-3,6H2,1H3,(H,7,8)(H,9,10). The van der Waals surface area contributed by atoms with Gasteiger partial charge in [0, 0.05) is 36.9 Å². The topological polar surface area (TPSA) is 245 Å². The Kier molecular flexibility index (Phi) is 16.7. The van der Waals surface area contributed by atoms with E-state index in [1.165, 1.54) is 32.0 Å². The lowest BCUT2D eigenvalue weighted by Crippen LogP contribution is -2.31. The summed E-state index contributed by atoms with van der Waals surface area (Å²) in [4.78, 5) is 57.5. The van der Waals surface area contributed by atoms with Gasteiger partial charge in [-0.05, 0) is 60.9 Å². The van der Waals surface area contributed by atoms with Gasteiger partial charge in [0.25, 0.3) is 5.69 Å². The van der Waals surface area contributed by atoms with Gasteiger partial charge in [0.05, 0.1) is 22.8 Å². The number of nitrogen functional groups attached to an aromatic ring is 1. The van der Waals surface area contributed by atoms with Gasteiger partial charge in [-0.25, -0.2) is 14.1 Å². The van der Waals surface area contributed by atoms with Gasteiger partial charge in [-0.2, -0.15) is 0 Å². The van der Waals surface area contributed by atoms with Crippen LogP contribution in [0.3, 0.4) is 0 Å². The van der Waals surface area contributed by atoms with Gasteiger partial charge in [-0.3, -0.25) is 33.7 Å². The van der Waals surface area contributed by atoms with Gasteiger partial charge in [0.1, 0.15) is 39.8 Å². The molecule has 0 radical (unpaired) electrons. The Balaban J connectivity index is 0.000000237. The van der Waals surface area contributed by atoms with Crippen molar-refractivity contribution >= 4 is 82.7 Å². The molecule has 0 amide bonds. The van der Waals surface area contributed by atoms with Gasteiger partial charge < -0.3 is 30.9 Å². The number of anilines is 1. The first-order chi connectivity index (χ1) is 25.4. The number of halogens is 3. The van der Waals surface area contributed by atoms with Crippen LogP contribution < -0.4 is 25.9 Å². The number of ether oxygens (including phenoxy) is 2. The maximum Gasteiger partial charge on any atom is 0.325 e. The number of rotatable bonds is 11. The molecule has 2 heterocycles. The van der Waals surface area contributed by atoms with Crippen LogP contribution in [-0.2, 0) is 32.0 Å². The maximum atomic E-state index is 14.3. The Morgan fingerprint density at radius 3 is 2.41 bits per heavy atom. The van der Waals surface area contributed by atoms with E-state index in [4.69, 9.17) is 49.4 Å². The van der Waals surface area contributed by atoms with Crippen molar-refractivity contribution < 1.29 is 42.9 Å². The summed E-state index contributed by atoms with van der Waals surface area (Å²) in [6.07, 6.45) is 1.90. The van der Waals surface area contributed by atoms with Crippen LogP contribution in [0.2, 0.25) is 10.0 Å². The van der Waals surface area contributed by atoms with Gasteiger partial charge in [-0.1, -0.05) is 41.4 Å². The maximum absolute atomic E-state index is 14.3. The molecular formula is C32H36Cl2FN6O10PS2. The number of aliphatic carboxylic acids is 1. The highest BCUT2D eigenvalue weighted by Gasteiger charge is 2.19. The molecule has 0 aliphatic carbocycles. The number of carbonyl (C=O) groups excluding carboxylic acids is 1. The van der Waals surface area contributed by atoms with Crippen molar-refractivity contribution in [2.24, 2.45) is 10.7 Å². The van der Waals surface area contributed by atoms with E-state index >= 15 is 0 Å². The van der Waals surface area contributed by atoms with Crippen LogP contribution in [0.25, 0.3) is 0 Å². The molecule has 6 N–H and O–H groups in total. The van der Waals surface area contributed by atoms with Crippen LogP contribution in [0, 0.1) is 15.9 Å². The smallest absolute Gasteiger partial charge is 0.325 e. The second-order valence-electron chi connectivity index (χ2n) is 11.3. The van der Waals surface area contributed by atoms with Crippen LogP contribution in [0.1, 0.15) is 19.3 Å². The number of methoxy groups -OCH3 is 1. The molecule has 1 aliphatic rings. The van der Waals surface area contributed by atoms with Crippen molar-refractivity contribution in [1.29, 1.82) is 0 Å². The Hall–Kier alpha value is -4.23. The number of nitro groups is 1. The van der Waals surface area contributed by atoms with Crippen LogP contribution >= 0.6 is 53.7 Å². The number of thioether (sulfide) groups is 1. The summed E-state index contributed by atoms with van der Waals surface area (Å²) in [5.41, 5.74) is 10.4. The number of fused-ring (bicyclic) bond motifs is 1. The third kappa shape index (κ3) is 13.3. The normalized spacial score (nSPS) is 13.9. The molecule has 2 unspecified atom stereocenters. The number of aromatic nitrogens is 2. The van der Waals surface area contributed by atoms with E-state index in [-0.39, 0.29) is 56.1 Å². The first kappa shape index (κ1) is 44.2. The predicted octanol–water partition coefficient (Wildman–Crippen LogP) is 6.11. The molecule has 1 aliphatic heterocycles. The van der Waals surface area contributed by atoms with Gasteiger partial charge >= 0.3 is 16.8 Å². The number of para-hydroxylation sites is 1. The number of esters is 1. The monoisotopic (exact) mass is 848 g/mol. The summed E-state index contributed by atoms with van der Waals surface area (Å²) in [5, 5.41) is 19.2. The van der Waals surface area contributed by atoms with Crippen molar-refractivity contribution in [1.82, 2.24) is 9.36 Å². The largest absolute Gasteiger partial charge is 0.480 e. The molecule has 0 bridgehead atoms. The molecule has 16 nitrogen and oxygen atoms in total. The summed E-state index contributed by atoms with van der Waals surface area (Å²) in [6.45, 7) is 2.51. The van der Waals surface area contributed by atoms with E-state index in [1.807, 2.05) is 6.07 Å². The van der Waals surface area contributed by atoms with Gasteiger partial charge in [0.2, 0.25) is 4.80 Å². The Bertz CT molecular complexity index is 2150. The zero-order valence-electron chi connectivity index (χ0n) is 28.7. The van der Waals surface area contributed by atoms with Gasteiger partial charge in [0.15, 0.2) is 7.37 Å². The Morgan fingerprint density at radius 1 is 1.17 bits per heavy atom. The van der Waals surface area contributed by atoms with Crippen molar-refractivity contribution in [2.75, 3.05) is 31.4 Å². The molecule has 2 atom stereocenters. The lowest BCUT2D eigenvalue weighted by atomic mass is 10.2. The number of carbonyl (C=O) groups is 2. The second kappa shape index (κ2) is 20.5. The third-order valence-corrected chi connectivity index (χ3v) is 10.9.